The second kappa shape index (κ2) is 8.46. The normalized spacial score (nSPS) is 21.2. The van der Waals surface area contributed by atoms with Crippen LogP contribution in [0.4, 0.5) is 0 Å². The first-order valence-electron chi connectivity index (χ1n) is 9.06. The summed E-state index contributed by atoms with van der Waals surface area (Å²) >= 11 is 0. The maximum absolute atomic E-state index is 12.2. The molecule has 2 fully saturated rings. The molecule has 2 aliphatic rings. The van der Waals surface area contributed by atoms with Crippen molar-refractivity contribution in [2.45, 2.75) is 32.2 Å². The van der Waals surface area contributed by atoms with Crippen LogP contribution in [0.3, 0.4) is 0 Å². The molecule has 1 amide bonds. The number of carbonyl (C=O) groups excluding carboxylic acids is 1. The van der Waals surface area contributed by atoms with Gasteiger partial charge in [0.1, 0.15) is 0 Å². The van der Waals surface area contributed by atoms with Crippen LogP contribution in [0, 0.1) is 11.8 Å². The van der Waals surface area contributed by atoms with Crippen molar-refractivity contribution in [3.63, 3.8) is 0 Å². The largest absolute Gasteiger partial charge is 0.356 e. The molecule has 23 heavy (non-hydrogen) atoms. The maximum Gasteiger partial charge on any atom is 0.223 e. The van der Waals surface area contributed by atoms with Crippen molar-refractivity contribution in [3.05, 3.63) is 35.9 Å². The fourth-order valence-electron chi connectivity index (χ4n) is 3.66. The summed E-state index contributed by atoms with van der Waals surface area (Å²) in [7, 11) is 0. The number of carbonyl (C=O) groups is 1. The summed E-state index contributed by atoms with van der Waals surface area (Å²) in [4.78, 5) is 14.7. The molecule has 4 nitrogen and oxygen atoms in total. The van der Waals surface area contributed by atoms with E-state index in [0.717, 1.165) is 52.1 Å². The number of benzene rings is 1. The first kappa shape index (κ1) is 16.5. The van der Waals surface area contributed by atoms with E-state index in [1.54, 1.807) is 0 Å². The van der Waals surface area contributed by atoms with Crippen LogP contribution < -0.4 is 10.6 Å². The van der Waals surface area contributed by atoms with E-state index in [9.17, 15) is 4.79 Å². The molecule has 2 aliphatic heterocycles. The predicted molar refractivity (Wildman–Crippen MR) is 93.0 cm³/mol. The standard InChI is InChI=1S/C19H29N3O/c23-19(18-6-10-20-11-7-18)21-14-16-8-12-22(13-9-16)15-17-4-2-1-3-5-17/h1-5,16,18,20H,6-15H2,(H,21,23). The molecule has 0 atom stereocenters. The van der Waals surface area contributed by atoms with Crippen LogP contribution in [-0.4, -0.2) is 43.5 Å². The second-order valence-electron chi connectivity index (χ2n) is 6.97. The highest BCUT2D eigenvalue weighted by Crippen LogP contribution is 2.19. The number of amides is 1. The third kappa shape index (κ3) is 5.05. The van der Waals surface area contributed by atoms with Gasteiger partial charge in [-0.3, -0.25) is 9.69 Å². The lowest BCUT2D eigenvalue weighted by Crippen LogP contribution is -2.42. The first-order chi connectivity index (χ1) is 11.3. The average molecular weight is 315 g/mol. The van der Waals surface area contributed by atoms with Gasteiger partial charge in [-0.25, -0.2) is 0 Å². The second-order valence-corrected chi connectivity index (χ2v) is 6.97. The maximum atomic E-state index is 12.2. The SMILES string of the molecule is O=C(NCC1CCN(Cc2ccccc2)CC1)C1CCNCC1. The minimum absolute atomic E-state index is 0.231. The molecule has 2 N–H and O–H groups in total. The molecular weight excluding hydrogens is 286 g/mol. The van der Waals surface area contributed by atoms with Gasteiger partial charge in [0.2, 0.25) is 5.91 Å². The van der Waals surface area contributed by atoms with Gasteiger partial charge in [0.15, 0.2) is 0 Å². The molecule has 0 spiro atoms. The molecule has 0 aliphatic carbocycles. The molecular formula is C19H29N3O. The smallest absolute Gasteiger partial charge is 0.223 e. The first-order valence-corrected chi connectivity index (χ1v) is 9.06. The highest BCUT2D eigenvalue weighted by atomic mass is 16.1. The van der Waals surface area contributed by atoms with Gasteiger partial charge >= 0.3 is 0 Å². The zero-order valence-electron chi connectivity index (χ0n) is 14.0. The van der Waals surface area contributed by atoms with E-state index >= 15 is 0 Å². The van der Waals surface area contributed by atoms with Crippen molar-refractivity contribution in [2.75, 3.05) is 32.7 Å². The van der Waals surface area contributed by atoms with Gasteiger partial charge in [-0.2, -0.15) is 0 Å². The highest BCUT2D eigenvalue weighted by molar-refractivity contribution is 5.78. The summed E-state index contributed by atoms with van der Waals surface area (Å²) in [6.45, 7) is 6.16. The number of nitrogens with zero attached hydrogens (tertiary/aromatic N) is 1. The van der Waals surface area contributed by atoms with Crippen LogP contribution in [0.15, 0.2) is 30.3 Å². The number of piperidine rings is 2. The fourth-order valence-corrected chi connectivity index (χ4v) is 3.66. The molecule has 2 heterocycles. The molecule has 0 aromatic heterocycles. The van der Waals surface area contributed by atoms with Crippen LogP contribution in [0.25, 0.3) is 0 Å². The molecule has 3 rings (SSSR count). The Kier molecular flexibility index (Phi) is 6.06. The zero-order valence-corrected chi connectivity index (χ0v) is 14.0. The predicted octanol–water partition coefficient (Wildman–Crippen LogP) is 2.01. The topological polar surface area (TPSA) is 44.4 Å². The molecule has 0 radical (unpaired) electrons. The van der Waals surface area contributed by atoms with Gasteiger partial charge in [0.05, 0.1) is 0 Å². The molecule has 0 unspecified atom stereocenters. The summed E-state index contributed by atoms with van der Waals surface area (Å²) in [6.07, 6.45) is 4.36. The lowest BCUT2D eigenvalue weighted by atomic mass is 9.94. The van der Waals surface area contributed by atoms with Gasteiger partial charge < -0.3 is 10.6 Å². The van der Waals surface area contributed by atoms with E-state index < -0.39 is 0 Å². The summed E-state index contributed by atoms with van der Waals surface area (Å²) in [5.41, 5.74) is 1.39. The van der Waals surface area contributed by atoms with Crippen LogP contribution in [0.5, 0.6) is 0 Å². The van der Waals surface area contributed by atoms with E-state index in [4.69, 9.17) is 0 Å². The Balaban J connectivity index is 1.35. The van der Waals surface area contributed by atoms with Crippen LogP contribution in [0.1, 0.15) is 31.2 Å². The Hall–Kier alpha value is -1.39. The van der Waals surface area contributed by atoms with Crippen molar-refractivity contribution >= 4 is 5.91 Å². The molecule has 4 heteroatoms. The van der Waals surface area contributed by atoms with Crippen molar-refractivity contribution in [3.8, 4) is 0 Å². The zero-order chi connectivity index (χ0) is 15.9. The number of nitrogens with one attached hydrogen (secondary N) is 2. The molecule has 1 aromatic carbocycles. The fraction of sp³-hybridized carbons (Fsp3) is 0.632. The number of hydrogen-bond donors (Lipinski definition) is 2. The lowest BCUT2D eigenvalue weighted by molar-refractivity contribution is -0.126. The third-order valence-corrected chi connectivity index (χ3v) is 5.23. The summed E-state index contributed by atoms with van der Waals surface area (Å²) < 4.78 is 0. The quantitative estimate of drug-likeness (QED) is 0.874. The molecule has 0 bridgehead atoms. The number of likely N-dealkylation sites (tertiary alicyclic amines) is 1. The van der Waals surface area contributed by atoms with Crippen LogP contribution >= 0.6 is 0 Å². The van der Waals surface area contributed by atoms with E-state index in [1.165, 1.54) is 18.4 Å². The van der Waals surface area contributed by atoms with Crippen LogP contribution in [-0.2, 0) is 11.3 Å². The van der Waals surface area contributed by atoms with Gasteiger partial charge in [0.25, 0.3) is 0 Å². The molecule has 0 saturated carbocycles. The summed E-state index contributed by atoms with van der Waals surface area (Å²) in [5.74, 6) is 1.15. The monoisotopic (exact) mass is 315 g/mol. The van der Waals surface area contributed by atoms with Crippen LogP contribution in [0.2, 0.25) is 0 Å². The van der Waals surface area contributed by atoms with Gasteiger partial charge in [0, 0.05) is 19.0 Å². The number of hydrogen-bond acceptors (Lipinski definition) is 3. The van der Waals surface area contributed by atoms with E-state index in [1.807, 2.05) is 0 Å². The average Bonchev–Trinajstić information content (AvgIpc) is 2.62. The third-order valence-electron chi connectivity index (χ3n) is 5.23. The van der Waals surface area contributed by atoms with Gasteiger partial charge in [-0.15, -0.1) is 0 Å². The van der Waals surface area contributed by atoms with Crippen molar-refractivity contribution < 1.29 is 4.79 Å². The lowest BCUT2D eigenvalue weighted by Gasteiger charge is -2.32. The minimum atomic E-state index is 0.231. The van der Waals surface area contributed by atoms with E-state index in [2.05, 4.69) is 45.9 Å². The Bertz CT molecular complexity index is 477. The molecule has 1 aromatic rings. The Morgan fingerprint density at radius 3 is 2.48 bits per heavy atom. The van der Waals surface area contributed by atoms with Crippen molar-refractivity contribution in [2.24, 2.45) is 11.8 Å². The molecule has 126 valence electrons. The Morgan fingerprint density at radius 2 is 1.78 bits per heavy atom. The molecule has 2 saturated heterocycles. The Labute approximate surface area is 139 Å². The van der Waals surface area contributed by atoms with Crippen molar-refractivity contribution in [1.82, 2.24) is 15.5 Å². The van der Waals surface area contributed by atoms with Crippen molar-refractivity contribution in [1.29, 1.82) is 0 Å². The summed E-state index contributed by atoms with van der Waals surface area (Å²) in [6, 6.07) is 10.7. The van der Waals surface area contributed by atoms with E-state index in [0.29, 0.717) is 5.92 Å². The van der Waals surface area contributed by atoms with Gasteiger partial charge in [-0.1, -0.05) is 30.3 Å². The highest BCUT2D eigenvalue weighted by Gasteiger charge is 2.23. The van der Waals surface area contributed by atoms with E-state index in [-0.39, 0.29) is 11.8 Å². The minimum Gasteiger partial charge on any atom is -0.356 e. The Morgan fingerprint density at radius 1 is 1.09 bits per heavy atom. The van der Waals surface area contributed by atoms with Gasteiger partial charge in [-0.05, 0) is 63.3 Å². The summed E-state index contributed by atoms with van der Waals surface area (Å²) in [5, 5.41) is 6.52. The number of rotatable bonds is 5.